The summed E-state index contributed by atoms with van der Waals surface area (Å²) in [6.45, 7) is 7.65. The standard InChI is InChI=1S/C11H19N3OS/c1-11(2)8-14(5-4-13(11)3)10-12-6-9(7-15)16-10/h6,15H,4-5,7-8H2,1-3H3. The molecule has 1 N–H and O–H groups in total. The Kier molecular flexibility index (Phi) is 3.19. The van der Waals surface area contributed by atoms with Crippen LogP contribution in [-0.4, -0.2) is 47.2 Å². The number of thiazole rings is 1. The molecular formula is C11H19N3OS. The van der Waals surface area contributed by atoms with Crippen molar-refractivity contribution < 1.29 is 5.11 Å². The van der Waals surface area contributed by atoms with Crippen molar-refractivity contribution in [1.29, 1.82) is 0 Å². The monoisotopic (exact) mass is 241 g/mol. The molecule has 1 fully saturated rings. The number of hydrogen-bond acceptors (Lipinski definition) is 5. The Morgan fingerprint density at radius 3 is 2.81 bits per heavy atom. The van der Waals surface area contributed by atoms with Crippen molar-refractivity contribution in [3.8, 4) is 0 Å². The number of hydrogen-bond donors (Lipinski definition) is 1. The van der Waals surface area contributed by atoms with Crippen molar-refractivity contribution in [3.05, 3.63) is 11.1 Å². The minimum atomic E-state index is 0.0921. The second-order valence-corrected chi connectivity index (χ2v) is 6.02. The zero-order chi connectivity index (χ0) is 11.8. The first kappa shape index (κ1) is 11.8. The van der Waals surface area contributed by atoms with Gasteiger partial charge in [-0.2, -0.15) is 0 Å². The first-order valence-electron chi connectivity index (χ1n) is 5.55. The normalized spacial score (nSPS) is 21.4. The van der Waals surface area contributed by atoms with Crippen LogP contribution < -0.4 is 4.90 Å². The molecule has 4 nitrogen and oxygen atoms in total. The largest absolute Gasteiger partial charge is 0.391 e. The zero-order valence-electron chi connectivity index (χ0n) is 10.1. The fraction of sp³-hybridized carbons (Fsp3) is 0.727. The molecule has 0 aliphatic carbocycles. The topological polar surface area (TPSA) is 39.6 Å². The second kappa shape index (κ2) is 4.31. The van der Waals surface area contributed by atoms with E-state index in [1.54, 1.807) is 17.5 Å². The highest BCUT2D eigenvalue weighted by Gasteiger charge is 2.32. The Morgan fingerprint density at radius 2 is 2.25 bits per heavy atom. The summed E-state index contributed by atoms with van der Waals surface area (Å²) in [5.41, 5.74) is 0.184. The number of aliphatic hydroxyl groups is 1. The number of anilines is 1. The van der Waals surface area contributed by atoms with E-state index in [2.05, 4.69) is 35.7 Å². The fourth-order valence-electron chi connectivity index (χ4n) is 1.92. The minimum absolute atomic E-state index is 0.0921. The van der Waals surface area contributed by atoms with E-state index >= 15 is 0 Å². The van der Waals surface area contributed by atoms with Gasteiger partial charge in [-0.1, -0.05) is 11.3 Å². The van der Waals surface area contributed by atoms with E-state index < -0.39 is 0 Å². The van der Waals surface area contributed by atoms with Gasteiger partial charge in [0, 0.05) is 31.4 Å². The molecule has 0 radical (unpaired) electrons. The summed E-state index contributed by atoms with van der Waals surface area (Å²) in [4.78, 5) is 9.99. The Morgan fingerprint density at radius 1 is 1.50 bits per heavy atom. The molecule has 90 valence electrons. The van der Waals surface area contributed by atoms with Crippen LogP contribution in [0.15, 0.2) is 6.20 Å². The van der Waals surface area contributed by atoms with E-state index in [0.717, 1.165) is 29.6 Å². The molecular weight excluding hydrogens is 222 g/mol. The maximum atomic E-state index is 9.04. The Labute approximate surface area is 101 Å². The SMILES string of the molecule is CN1CCN(c2ncc(CO)s2)CC1(C)C. The van der Waals surface area contributed by atoms with Crippen molar-refractivity contribution in [2.24, 2.45) is 0 Å². The second-order valence-electron chi connectivity index (χ2n) is 4.92. The molecule has 0 unspecified atom stereocenters. The van der Waals surface area contributed by atoms with E-state index in [-0.39, 0.29) is 12.1 Å². The molecule has 0 saturated carbocycles. The van der Waals surface area contributed by atoms with Crippen molar-refractivity contribution >= 4 is 16.5 Å². The van der Waals surface area contributed by atoms with Crippen LogP contribution in [0.4, 0.5) is 5.13 Å². The molecule has 16 heavy (non-hydrogen) atoms. The van der Waals surface area contributed by atoms with Gasteiger partial charge in [0.05, 0.1) is 11.5 Å². The number of piperazine rings is 1. The zero-order valence-corrected chi connectivity index (χ0v) is 10.9. The van der Waals surface area contributed by atoms with Crippen molar-refractivity contribution in [1.82, 2.24) is 9.88 Å². The summed E-state index contributed by atoms with van der Waals surface area (Å²) in [5.74, 6) is 0. The highest BCUT2D eigenvalue weighted by atomic mass is 32.1. The van der Waals surface area contributed by atoms with Gasteiger partial charge < -0.3 is 10.0 Å². The van der Waals surface area contributed by atoms with E-state index in [9.17, 15) is 0 Å². The van der Waals surface area contributed by atoms with Crippen LogP contribution in [0.5, 0.6) is 0 Å². The third-order valence-electron chi connectivity index (χ3n) is 3.28. The third-order valence-corrected chi connectivity index (χ3v) is 4.33. The molecule has 1 saturated heterocycles. The lowest BCUT2D eigenvalue weighted by Gasteiger charge is -2.45. The number of aromatic nitrogens is 1. The number of likely N-dealkylation sites (N-methyl/N-ethyl adjacent to an activating group) is 1. The summed E-state index contributed by atoms with van der Waals surface area (Å²) >= 11 is 1.59. The van der Waals surface area contributed by atoms with Gasteiger partial charge in [-0.25, -0.2) is 4.98 Å². The first-order chi connectivity index (χ1) is 7.53. The van der Waals surface area contributed by atoms with E-state index in [4.69, 9.17) is 5.11 Å². The van der Waals surface area contributed by atoms with E-state index in [1.165, 1.54) is 0 Å². The van der Waals surface area contributed by atoms with E-state index in [0.29, 0.717) is 0 Å². The van der Waals surface area contributed by atoms with Gasteiger partial charge in [-0.15, -0.1) is 0 Å². The summed E-state index contributed by atoms with van der Waals surface area (Å²) in [6.07, 6.45) is 1.77. The lowest BCUT2D eigenvalue weighted by Crippen LogP contribution is -2.57. The van der Waals surface area contributed by atoms with Crippen LogP contribution in [0.25, 0.3) is 0 Å². The molecule has 0 spiro atoms. The minimum Gasteiger partial charge on any atom is -0.391 e. The lowest BCUT2D eigenvalue weighted by atomic mass is 10.0. The van der Waals surface area contributed by atoms with Gasteiger partial charge in [0.1, 0.15) is 0 Å². The lowest BCUT2D eigenvalue weighted by molar-refractivity contribution is 0.139. The van der Waals surface area contributed by atoms with Crippen LogP contribution in [0.2, 0.25) is 0 Å². The molecule has 1 aliphatic heterocycles. The summed E-state index contributed by atoms with van der Waals surface area (Å²) in [7, 11) is 2.17. The first-order valence-corrected chi connectivity index (χ1v) is 6.36. The summed E-state index contributed by atoms with van der Waals surface area (Å²) < 4.78 is 0. The Bertz CT molecular complexity index is 364. The van der Waals surface area contributed by atoms with Gasteiger partial charge in [-0.3, -0.25) is 4.90 Å². The maximum Gasteiger partial charge on any atom is 0.185 e. The number of aliphatic hydroxyl groups excluding tert-OH is 1. The van der Waals surface area contributed by atoms with Crippen molar-refractivity contribution in [3.63, 3.8) is 0 Å². The molecule has 1 aliphatic rings. The highest BCUT2D eigenvalue weighted by Crippen LogP contribution is 2.27. The van der Waals surface area contributed by atoms with Gasteiger partial charge in [0.25, 0.3) is 0 Å². The van der Waals surface area contributed by atoms with Crippen molar-refractivity contribution in [2.45, 2.75) is 26.0 Å². The number of rotatable bonds is 2. The molecule has 1 aromatic rings. The fourth-order valence-corrected chi connectivity index (χ4v) is 2.71. The quantitative estimate of drug-likeness (QED) is 0.843. The predicted octanol–water partition coefficient (Wildman–Crippen LogP) is 1.17. The smallest absolute Gasteiger partial charge is 0.185 e. The molecule has 2 rings (SSSR count). The predicted molar refractivity (Wildman–Crippen MR) is 67.0 cm³/mol. The molecule has 0 amide bonds. The van der Waals surface area contributed by atoms with Crippen LogP contribution >= 0.6 is 11.3 Å². The van der Waals surface area contributed by atoms with Gasteiger partial charge in [0.2, 0.25) is 0 Å². The Balaban J connectivity index is 2.11. The average Bonchev–Trinajstić information content (AvgIpc) is 2.70. The Hall–Kier alpha value is -0.650. The molecule has 1 aromatic heterocycles. The molecule has 0 bridgehead atoms. The molecule has 0 aromatic carbocycles. The maximum absolute atomic E-state index is 9.04. The third kappa shape index (κ3) is 2.21. The van der Waals surface area contributed by atoms with Crippen molar-refractivity contribution in [2.75, 3.05) is 31.6 Å². The summed E-state index contributed by atoms with van der Waals surface area (Å²) in [6, 6.07) is 0. The van der Waals surface area contributed by atoms with Crippen LogP contribution in [0.3, 0.4) is 0 Å². The van der Waals surface area contributed by atoms with Crippen LogP contribution in [0.1, 0.15) is 18.7 Å². The van der Waals surface area contributed by atoms with Crippen LogP contribution in [-0.2, 0) is 6.61 Å². The van der Waals surface area contributed by atoms with Crippen LogP contribution in [0, 0.1) is 0 Å². The van der Waals surface area contributed by atoms with E-state index in [1.807, 2.05) is 0 Å². The van der Waals surface area contributed by atoms with Gasteiger partial charge in [-0.05, 0) is 20.9 Å². The average molecular weight is 241 g/mol. The highest BCUT2D eigenvalue weighted by molar-refractivity contribution is 7.15. The summed E-state index contributed by atoms with van der Waals surface area (Å²) in [5, 5.41) is 10.1. The molecule has 0 atom stereocenters. The number of nitrogens with zero attached hydrogens (tertiary/aromatic N) is 3. The molecule has 5 heteroatoms. The van der Waals surface area contributed by atoms with Gasteiger partial charge >= 0.3 is 0 Å². The van der Waals surface area contributed by atoms with Gasteiger partial charge in [0.15, 0.2) is 5.13 Å². The molecule has 2 heterocycles.